The predicted octanol–water partition coefficient (Wildman–Crippen LogP) is 6.00. The highest BCUT2D eigenvalue weighted by Crippen LogP contribution is 2.33. The summed E-state index contributed by atoms with van der Waals surface area (Å²) in [6, 6.07) is 13.2. The fourth-order valence-electron chi connectivity index (χ4n) is 2.41. The van der Waals surface area contributed by atoms with Crippen molar-refractivity contribution in [2.45, 2.75) is 20.0 Å². The van der Waals surface area contributed by atoms with E-state index in [1.165, 1.54) is 6.20 Å². The SMILES string of the molecule is C=CC.Cc1ccc(-c2cc(C#N)c3cc(C(F)(F)F)ccn23)cc1. The van der Waals surface area contributed by atoms with E-state index in [0.29, 0.717) is 5.69 Å². The highest BCUT2D eigenvalue weighted by atomic mass is 19.4. The summed E-state index contributed by atoms with van der Waals surface area (Å²) in [5.41, 5.74) is 2.35. The second-order valence-corrected chi connectivity index (χ2v) is 5.50. The van der Waals surface area contributed by atoms with Crippen LogP contribution in [0.15, 0.2) is 61.3 Å². The lowest BCUT2D eigenvalue weighted by molar-refractivity contribution is -0.137. The monoisotopic (exact) mass is 342 g/mol. The minimum Gasteiger partial charge on any atom is -0.315 e. The maximum absolute atomic E-state index is 12.8. The fraction of sp³-hybridized carbons (Fsp3) is 0.150. The smallest absolute Gasteiger partial charge is 0.315 e. The number of aryl methyl sites for hydroxylation is 1. The van der Waals surface area contributed by atoms with Gasteiger partial charge in [0.1, 0.15) is 6.07 Å². The van der Waals surface area contributed by atoms with Crippen LogP contribution < -0.4 is 0 Å². The molecule has 0 aliphatic rings. The van der Waals surface area contributed by atoms with Crippen LogP contribution in [0.5, 0.6) is 0 Å². The molecule has 0 aliphatic heterocycles. The molecule has 128 valence electrons. The number of rotatable bonds is 1. The number of halogens is 3. The third-order valence-corrected chi connectivity index (χ3v) is 3.57. The van der Waals surface area contributed by atoms with Crippen molar-refractivity contribution in [1.82, 2.24) is 4.40 Å². The first-order chi connectivity index (χ1) is 11.8. The van der Waals surface area contributed by atoms with Gasteiger partial charge >= 0.3 is 6.18 Å². The Bertz CT molecular complexity index is 926. The summed E-state index contributed by atoms with van der Waals surface area (Å²) in [7, 11) is 0. The maximum Gasteiger partial charge on any atom is 0.416 e. The minimum absolute atomic E-state index is 0.224. The number of fused-ring (bicyclic) bond motifs is 1. The van der Waals surface area contributed by atoms with Gasteiger partial charge in [-0.25, -0.2) is 0 Å². The van der Waals surface area contributed by atoms with E-state index in [1.807, 2.05) is 44.2 Å². The Balaban J connectivity index is 0.000000701. The van der Waals surface area contributed by atoms with Crippen LogP contribution in [0, 0.1) is 18.3 Å². The molecule has 1 aromatic carbocycles. The Morgan fingerprint density at radius 1 is 1.12 bits per heavy atom. The van der Waals surface area contributed by atoms with Gasteiger partial charge in [-0.15, -0.1) is 6.58 Å². The predicted molar refractivity (Wildman–Crippen MR) is 93.2 cm³/mol. The Labute approximate surface area is 144 Å². The van der Waals surface area contributed by atoms with Crippen molar-refractivity contribution in [3.8, 4) is 17.3 Å². The quantitative estimate of drug-likeness (QED) is 0.499. The minimum atomic E-state index is -4.43. The van der Waals surface area contributed by atoms with Crippen molar-refractivity contribution in [1.29, 1.82) is 5.26 Å². The zero-order valence-corrected chi connectivity index (χ0v) is 13.9. The molecule has 0 spiro atoms. The number of aromatic nitrogens is 1. The third-order valence-electron chi connectivity index (χ3n) is 3.57. The molecule has 0 N–H and O–H groups in total. The first-order valence-electron chi connectivity index (χ1n) is 7.58. The van der Waals surface area contributed by atoms with Gasteiger partial charge in [0.2, 0.25) is 0 Å². The van der Waals surface area contributed by atoms with Crippen LogP contribution in [0.25, 0.3) is 16.8 Å². The summed E-state index contributed by atoms with van der Waals surface area (Å²) in [5.74, 6) is 0. The molecule has 2 aromatic heterocycles. The van der Waals surface area contributed by atoms with Crippen molar-refractivity contribution < 1.29 is 13.2 Å². The number of pyridine rings is 1. The van der Waals surface area contributed by atoms with Crippen LogP contribution in [-0.4, -0.2) is 4.40 Å². The van der Waals surface area contributed by atoms with E-state index in [9.17, 15) is 18.4 Å². The number of benzene rings is 1. The van der Waals surface area contributed by atoms with E-state index in [1.54, 1.807) is 16.5 Å². The molecule has 3 rings (SSSR count). The molecule has 3 aromatic rings. The Morgan fingerprint density at radius 3 is 2.24 bits per heavy atom. The van der Waals surface area contributed by atoms with Crippen LogP contribution >= 0.6 is 0 Å². The van der Waals surface area contributed by atoms with Gasteiger partial charge in [-0.05, 0) is 37.6 Å². The lowest BCUT2D eigenvalue weighted by Crippen LogP contribution is -2.05. The van der Waals surface area contributed by atoms with Crippen LogP contribution in [-0.2, 0) is 6.18 Å². The van der Waals surface area contributed by atoms with Crippen molar-refractivity contribution in [3.05, 3.63) is 78.0 Å². The molecule has 0 unspecified atom stereocenters. The molecule has 0 saturated heterocycles. The summed E-state index contributed by atoms with van der Waals surface area (Å²) >= 11 is 0. The molecule has 0 fully saturated rings. The molecule has 5 heteroatoms. The van der Waals surface area contributed by atoms with E-state index in [2.05, 4.69) is 6.58 Å². The molecule has 0 atom stereocenters. The summed E-state index contributed by atoms with van der Waals surface area (Å²) in [5, 5.41) is 9.19. The standard InChI is InChI=1S/C17H11F3N2.C3H6/c1-11-2-4-12(5-3-11)15-8-13(10-21)16-9-14(17(18,19)20)6-7-22(15)16;1-3-2/h2-9H,1H3;3H,1H2,2H3. The lowest BCUT2D eigenvalue weighted by atomic mass is 10.1. The van der Waals surface area contributed by atoms with Gasteiger partial charge in [-0.2, -0.15) is 18.4 Å². The van der Waals surface area contributed by atoms with E-state index in [4.69, 9.17) is 0 Å². The van der Waals surface area contributed by atoms with Crippen LogP contribution in [0.2, 0.25) is 0 Å². The van der Waals surface area contributed by atoms with Gasteiger partial charge in [-0.3, -0.25) is 0 Å². The van der Waals surface area contributed by atoms with Gasteiger partial charge in [0.05, 0.1) is 22.3 Å². The van der Waals surface area contributed by atoms with Crippen molar-refractivity contribution >= 4 is 5.52 Å². The highest BCUT2D eigenvalue weighted by molar-refractivity contribution is 5.74. The number of hydrogen-bond donors (Lipinski definition) is 0. The second kappa shape index (κ2) is 7.27. The number of nitrogens with zero attached hydrogens (tertiary/aromatic N) is 2. The second-order valence-electron chi connectivity index (χ2n) is 5.50. The normalized spacial score (nSPS) is 10.7. The van der Waals surface area contributed by atoms with Crippen LogP contribution in [0.4, 0.5) is 13.2 Å². The molecule has 0 amide bonds. The Morgan fingerprint density at radius 2 is 1.72 bits per heavy atom. The van der Waals surface area contributed by atoms with Gasteiger partial charge in [0.15, 0.2) is 0 Å². The summed E-state index contributed by atoms with van der Waals surface area (Å²) < 4.78 is 40.1. The summed E-state index contributed by atoms with van der Waals surface area (Å²) in [6.07, 6.45) is -1.32. The Kier molecular flexibility index (Phi) is 5.33. The molecule has 0 bridgehead atoms. The summed E-state index contributed by atoms with van der Waals surface area (Å²) in [6.45, 7) is 7.20. The van der Waals surface area contributed by atoms with E-state index >= 15 is 0 Å². The first-order valence-corrected chi connectivity index (χ1v) is 7.58. The number of allylic oxidation sites excluding steroid dienone is 1. The molecule has 0 aliphatic carbocycles. The van der Waals surface area contributed by atoms with E-state index < -0.39 is 11.7 Å². The summed E-state index contributed by atoms with van der Waals surface area (Å²) in [4.78, 5) is 0. The van der Waals surface area contributed by atoms with Crippen molar-refractivity contribution in [2.75, 3.05) is 0 Å². The van der Waals surface area contributed by atoms with Gasteiger partial charge in [-0.1, -0.05) is 35.9 Å². The molecular formula is C20H17F3N2. The lowest BCUT2D eigenvalue weighted by Gasteiger charge is -2.08. The number of hydrogen-bond acceptors (Lipinski definition) is 1. The largest absolute Gasteiger partial charge is 0.416 e. The van der Waals surface area contributed by atoms with Crippen LogP contribution in [0.1, 0.15) is 23.6 Å². The maximum atomic E-state index is 12.8. The van der Waals surface area contributed by atoms with Gasteiger partial charge in [0, 0.05) is 6.20 Å². The van der Waals surface area contributed by atoms with Crippen molar-refractivity contribution in [3.63, 3.8) is 0 Å². The molecule has 0 saturated carbocycles. The molecule has 0 radical (unpaired) electrons. The van der Waals surface area contributed by atoms with E-state index in [0.717, 1.165) is 23.3 Å². The van der Waals surface area contributed by atoms with Gasteiger partial charge in [0.25, 0.3) is 0 Å². The Hall–Kier alpha value is -3.00. The van der Waals surface area contributed by atoms with Crippen LogP contribution in [0.3, 0.4) is 0 Å². The molecule has 2 nitrogen and oxygen atoms in total. The van der Waals surface area contributed by atoms with Crippen molar-refractivity contribution in [2.24, 2.45) is 0 Å². The highest BCUT2D eigenvalue weighted by Gasteiger charge is 2.31. The third kappa shape index (κ3) is 3.92. The first kappa shape index (κ1) is 18.3. The zero-order chi connectivity index (χ0) is 18.6. The molecule has 2 heterocycles. The average Bonchev–Trinajstić information content (AvgIpc) is 2.93. The topological polar surface area (TPSA) is 28.2 Å². The number of alkyl halides is 3. The zero-order valence-electron chi connectivity index (χ0n) is 13.9. The molecule has 25 heavy (non-hydrogen) atoms. The number of nitriles is 1. The molecular weight excluding hydrogens is 325 g/mol. The average molecular weight is 342 g/mol. The van der Waals surface area contributed by atoms with E-state index in [-0.39, 0.29) is 11.1 Å². The van der Waals surface area contributed by atoms with Gasteiger partial charge < -0.3 is 4.40 Å². The fourth-order valence-corrected chi connectivity index (χ4v) is 2.41.